The van der Waals surface area contributed by atoms with Gasteiger partial charge in [0.15, 0.2) is 0 Å². The monoisotopic (exact) mass is 248 g/mol. The molecule has 0 aromatic heterocycles. The Morgan fingerprint density at radius 1 is 1.38 bits per heavy atom. The van der Waals surface area contributed by atoms with Crippen LogP contribution in [0.25, 0.3) is 0 Å². The Morgan fingerprint density at radius 2 is 2.06 bits per heavy atom. The van der Waals surface area contributed by atoms with E-state index in [0.29, 0.717) is 12.5 Å². The fraction of sp³-hybridized carbons (Fsp3) is 0.636. The van der Waals surface area contributed by atoms with Gasteiger partial charge in [-0.1, -0.05) is 26.0 Å². The standard InChI is InChI=1S/C11H21O4P/c1-4-14-9-10-16(12,13)15-8-6-5-7-11(2)3/h5-6,9-11H,4,7-8H2,1-3H3,(H,12,13). The quantitative estimate of drug-likeness (QED) is 0.407. The number of allylic oxidation sites excluding steroid dienone is 1. The highest BCUT2D eigenvalue weighted by atomic mass is 31.2. The highest BCUT2D eigenvalue weighted by Crippen LogP contribution is 2.43. The van der Waals surface area contributed by atoms with Crippen molar-refractivity contribution in [3.05, 3.63) is 24.2 Å². The fourth-order valence-corrected chi connectivity index (χ4v) is 1.47. The van der Waals surface area contributed by atoms with Crippen molar-refractivity contribution in [3.8, 4) is 0 Å². The predicted octanol–water partition coefficient (Wildman–Crippen LogP) is 3.30. The van der Waals surface area contributed by atoms with Gasteiger partial charge >= 0.3 is 7.60 Å². The molecule has 0 amide bonds. The molecule has 0 aliphatic rings. The lowest BCUT2D eigenvalue weighted by atomic mass is 10.1. The van der Waals surface area contributed by atoms with E-state index in [4.69, 9.17) is 9.26 Å². The summed E-state index contributed by atoms with van der Waals surface area (Å²) in [7, 11) is -3.64. The van der Waals surface area contributed by atoms with Gasteiger partial charge in [-0.05, 0) is 19.3 Å². The lowest BCUT2D eigenvalue weighted by Gasteiger charge is -2.05. The molecule has 0 rings (SSSR count). The lowest BCUT2D eigenvalue weighted by Crippen LogP contribution is -1.88. The first kappa shape index (κ1) is 15.4. The topological polar surface area (TPSA) is 55.8 Å². The zero-order valence-corrected chi connectivity index (χ0v) is 11.0. The first-order chi connectivity index (χ1) is 7.48. The Kier molecular flexibility index (Phi) is 8.26. The zero-order chi connectivity index (χ0) is 12.4. The molecule has 4 nitrogen and oxygen atoms in total. The van der Waals surface area contributed by atoms with Gasteiger partial charge in [-0.25, -0.2) is 0 Å². The van der Waals surface area contributed by atoms with Crippen LogP contribution in [0.3, 0.4) is 0 Å². The van der Waals surface area contributed by atoms with Gasteiger partial charge in [0.05, 0.1) is 25.3 Å². The van der Waals surface area contributed by atoms with Gasteiger partial charge in [0, 0.05) is 0 Å². The minimum atomic E-state index is -3.64. The number of hydrogen-bond acceptors (Lipinski definition) is 3. The average molecular weight is 248 g/mol. The van der Waals surface area contributed by atoms with Crippen LogP contribution in [0.15, 0.2) is 24.2 Å². The van der Waals surface area contributed by atoms with Crippen molar-refractivity contribution < 1.29 is 18.7 Å². The summed E-state index contributed by atoms with van der Waals surface area (Å²) in [6, 6.07) is 0. The molecule has 94 valence electrons. The van der Waals surface area contributed by atoms with E-state index in [1.54, 1.807) is 13.0 Å². The van der Waals surface area contributed by atoms with E-state index < -0.39 is 7.60 Å². The molecule has 16 heavy (non-hydrogen) atoms. The minimum Gasteiger partial charge on any atom is -0.501 e. The molecule has 5 heteroatoms. The summed E-state index contributed by atoms with van der Waals surface area (Å²) in [6.45, 7) is 6.60. The van der Waals surface area contributed by atoms with Crippen LogP contribution in [0, 0.1) is 5.92 Å². The normalized spacial score (nSPS) is 16.1. The maximum absolute atomic E-state index is 11.3. The zero-order valence-electron chi connectivity index (χ0n) is 10.1. The highest BCUT2D eigenvalue weighted by Gasteiger charge is 2.13. The lowest BCUT2D eigenvalue weighted by molar-refractivity contribution is 0.265. The molecular formula is C11H21O4P. The molecule has 1 atom stereocenters. The van der Waals surface area contributed by atoms with Gasteiger partial charge in [-0.2, -0.15) is 0 Å². The summed E-state index contributed by atoms with van der Waals surface area (Å²) in [5.41, 5.74) is 0. The molecular weight excluding hydrogens is 227 g/mol. The van der Waals surface area contributed by atoms with Gasteiger partial charge < -0.3 is 14.2 Å². The van der Waals surface area contributed by atoms with Crippen LogP contribution in [-0.2, 0) is 13.8 Å². The molecule has 0 spiro atoms. The second-order valence-corrected chi connectivity index (χ2v) is 5.39. The molecule has 0 aliphatic carbocycles. The van der Waals surface area contributed by atoms with Crippen molar-refractivity contribution in [2.75, 3.05) is 13.2 Å². The molecule has 0 aliphatic heterocycles. The Labute approximate surface area is 97.5 Å². The minimum absolute atomic E-state index is 0.136. The van der Waals surface area contributed by atoms with E-state index in [1.807, 2.05) is 6.08 Å². The fourth-order valence-electron chi connectivity index (χ4n) is 0.845. The van der Waals surface area contributed by atoms with Crippen LogP contribution in [0.1, 0.15) is 27.2 Å². The van der Waals surface area contributed by atoms with E-state index in [9.17, 15) is 9.46 Å². The van der Waals surface area contributed by atoms with Crippen LogP contribution < -0.4 is 0 Å². The van der Waals surface area contributed by atoms with Crippen molar-refractivity contribution in [3.63, 3.8) is 0 Å². The van der Waals surface area contributed by atoms with Gasteiger partial charge in [0.25, 0.3) is 0 Å². The van der Waals surface area contributed by atoms with E-state index in [1.165, 1.54) is 6.26 Å². The number of rotatable bonds is 8. The molecule has 0 heterocycles. The molecule has 0 aromatic carbocycles. The van der Waals surface area contributed by atoms with Crippen LogP contribution in [0.2, 0.25) is 0 Å². The third kappa shape index (κ3) is 9.97. The van der Waals surface area contributed by atoms with Crippen LogP contribution >= 0.6 is 7.60 Å². The summed E-state index contributed by atoms with van der Waals surface area (Å²) in [5.74, 6) is 1.63. The molecule has 0 aromatic rings. The molecule has 0 radical (unpaired) electrons. The van der Waals surface area contributed by atoms with E-state index in [-0.39, 0.29) is 6.61 Å². The van der Waals surface area contributed by atoms with Crippen molar-refractivity contribution >= 4 is 7.60 Å². The average Bonchev–Trinajstić information content (AvgIpc) is 2.16. The smallest absolute Gasteiger partial charge is 0.354 e. The maximum atomic E-state index is 11.3. The second-order valence-electron chi connectivity index (χ2n) is 3.70. The van der Waals surface area contributed by atoms with Gasteiger partial charge in [0.1, 0.15) is 0 Å². The predicted molar refractivity (Wildman–Crippen MR) is 65.1 cm³/mol. The SMILES string of the molecule is CCOC=CP(=O)(O)OCC=CCC(C)C. The third-order valence-corrected chi connectivity index (χ3v) is 2.66. The van der Waals surface area contributed by atoms with Crippen molar-refractivity contribution in [2.24, 2.45) is 5.92 Å². The number of ether oxygens (including phenoxy) is 1. The molecule has 0 saturated carbocycles. The summed E-state index contributed by atoms with van der Waals surface area (Å²) in [6.07, 6.45) is 5.82. The van der Waals surface area contributed by atoms with Gasteiger partial charge in [-0.3, -0.25) is 4.57 Å². The molecule has 0 saturated heterocycles. The Balaban J connectivity index is 3.82. The largest absolute Gasteiger partial charge is 0.501 e. The van der Waals surface area contributed by atoms with Crippen LogP contribution in [-0.4, -0.2) is 18.1 Å². The summed E-state index contributed by atoms with van der Waals surface area (Å²) < 4.78 is 21.0. The van der Waals surface area contributed by atoms with Crippen molar-refractivity contribution in [1.29, 1.82) is 0 Å². The van der Waals surface area contributed by atoms with Crippen molar-refractivity contribution in [1.82, 2.24) is 0 Å². The second kappa shape index (κ2) is 8.57. The van der Waals surface area contributed by atoms with Crippen LogP contribution in [0.4, 0.5) is 0 Å². The summed E-state index contributed by atoms with van der Waals surface area (Å²) in [4.78, 5) is 9.28. The first-order valence-corrected chi connectivity index (χ1v) is 7.04. The third-order valence-electron chi connectivity index (χ3n) is 1.64. The van der Waals surface area contributed by atoms with E-state index >= 15 is 0 Å². The number of hydrogen-bond donors (Lipinski definition) is 1. The maximum Gasteiger partial charge on any atom is 0.354 e. The van der Waals surface area contributed by atoms with E-state index in [2.05, 4.69) is 13.8 Å². The molecule has 1 unspecified atom stereocenters. The molecule has 0 fully saturated rings. The van der Waals surface area contributed by atoms with Gasteiger partial charge in [0.2, 0.25) is 0 Å². The van der Waals surface area contributed by atoms with Gasteiger partial charge in [-0.15, -0.1) is 0 Å². The van der Waals surface area contributed by atoms with Crippen molar-refractivity contribution in [2.45, 2.75) is 27.2 Å². The first-order valence-electron chi connectivity index (χ1n) is 5.39. The Morgan fingerprint density at radius 3 is 2.62 bits per heavy atom. The summed E-state index contributed by atoms with van der Waals surface area (Å²) >= 11 is 0. The van der Waals surface area contributed by atoms with Crippen LogP contribution in [0.5, 0.6) is 0 Å². The highest BCUT2D eigenvalue weighted by molar-refractivity contribution is 7.56. The Bertz CT molecular complexity index is 271. The van der Waals surface area contributed by atoms with E-state index in [0.717, 1.165) is 12.2 Å². The Hall–Kier alpha value is -0.570. The summed E-state index contributed by atoms with van der Waals surface area (Å²) in [5, 5.41) is 0. The molecule has 1 N–H and O–H groups in total. The molecule has 0 bridgehead atoms.